The molecule has 0 aliphatic heterocycles. The molecule has 1 rings (SSSR count). The highest BCUT2D eigenvalue weighted by Crippen LogP contribution is 2.25. The van der Waals surface area contributed by atoms with Gasteiger partial charge in [0.1, 0.15) is 5.03 Å². The van der Waals surface area contributed by atoms with Crippen LogP contribution in [0.1, 0.15) is 5.56 Å². The summed E-state index contributed by atoms with van der Waals surface area (Å²) in [7, 11) is 0. The number of benzene rings is 1. The van der Waals surface area contributed by atoms with E-state index in [-0.39, 0.29) is 6.08 Å². The van der Waals surface area contributed by atoms with E-state index >= 15 is 0 Å². The third-order valence-electron chi connectivity index (χ3n) is 1.72. The van der Waals surface area contributed by atoms with Gasteiger partial charge in [-0.05, 0) is 6.08 Å². The molecule has 2 nitrogen and oxygen atoms in total. The molecule has 0 bridgehead atoms. The second kappa shape index (κ2) is 4.70. The van der Waals surface area contributed by atoms with Crippen LogP contribution in [0.15, 0.2) is 5.03 Å². The van der Waals surface area contributed by atoms with E-state index in [1.54, 1.807) is 0 Å². The van der Waals surface area contributed by atoms with Crippen molar-refractivity contribution in [3.8, 4) is 0 Å². The molecule has 0 saturated carbocycles. The first kappa shape index (κ1) is 13.4. The molecule has 8 heteroatoms. The maximum absolute atomic E-state index is 13.0. The number of carboxylic acid groups (broad SMARTS) is 1. The monoisotopic (exact) mass is 272 g/mol. The summed E-state index contributed by atoms with van der Waals surface area (Å²) in [6.07, 6.45) is 0.139. The van der Waals surface area contributed by atoms with Gasteiger partial charge >= 0.3 is 5.97 Å². The zero-order valence-electron chi connectivity index (χ0n) is 7.70. The number of hydrogen-bond acceptors (Lipinski definition) is 1. The van der Waals surface area contributed by atoms with Crippen molar-refractivity contribution in [1.82, 2.24) is 0 Å². The summed E-state index contributed by atoms with van der Waals surface area (Å²) in [4.78, 5) is 10.3. The normalized spacial score (nSPS) is 11.8. The molecule has 0 fully saturated rings. The molecule has 0 aliphatic rings. The summed E-state index contributed by atoms with van der Waals surface area (Å²) in [6, 6.07) is 0. The summed E-state index contributed by atoms with van der Waals surface area (Å²) in [6.45, 7) is 0. The molecule has 1 aromatic carbocycles. The summed E-state index contributed by atoms with van der Waals surface area (Å²) in [5.41, 5.74) is -1.41. The molecule has 0 amide bonds. The summed E-state index contributed by atoms with van der Waals surface area (Å²) in [5.74, 6) is -12.8. The van der Waals surface area contributed by atoms with Crippen molar-refractivity contribution >= 4 is 23.6 Å². The third-order valence-corrected chi connectivity index (χ3v) is 1.99. The van der Waals surface area contributed by atoms with Crippen LogP contribution in [0.4, 0.5) is 22.0 Å². The molecule has 92 valence electrons. The topological polar surface area (TPSA) is 37.3 Å². The van der Waals surface area contributed by atoms with E-state index in [0.717, 1.165) is 0 Å². The van der Waals surface area contributed by atoms with Crippen LogP contribution in [0, 0.1) is 29.1 Å². The average molecular weight is 273 g/mol. The number of carbonyl (C=O) groups is 1. The number of aliphatic carboxylic acids is 1. The lowest BCUT2D eigenvalue weighted by atomic mass is 10.1. The van der Waals surface area contributed by atoms with E-state index in [1.165, 1.54) is 0 Å². The fourth-order valence-corrected chi connectivity index (χ4v) is 1.05. The van der Waals surface area contributed by atoms with Crippen molar-refractivity contribution in [1.29, 1.82) is 0 Å². The van der Waals surface area contributed by atoms with E-state index in [9.17, 15) is 26.7 Å². The van der Waals surface area contributed by atoms with Gasteiger partial charge in [0, 0.05) is 0 Å². The maximum Gasteiger partial charge on any atom is 0.347 e. The molecule has 0 saturated heterocycles. The molecule has 0 spiro atoms. The average Bonchev–Trinajstić information content (AvgIpc) is 2.29. The van der Waals surface area contributed by atoms with E-state index in [0.29, 0.717) is 0 Å². The van der Waals surface area contributed by atoms with Crippen LogP contribution in [-0.4, -0.2) is 11.1 Å². The minimum atomic E-state index is -2.33. The predicted octanol–water partition coefficient (Wildman–Crippen LogP) is 3.05. The first-order chi connectivity index (χ1) is 7.77. The summed E-state index contributed by atoms with van der Waals surface area (Å²) in [5, 5.41) is 7.22. The number of halogens is 6. The Morgan fingerprint density at radius 2 is 1.29 bits per heavy atom. The Morgan fingerprint density at radius 1 is 0.941 bits per heavy atom. The summed E-state index contributed by atoms with van der Waals surface area (Å²) >= 11 is 5.03. The van der Waals surface area contributed by atoms with Crippen LogP contribution in [0.25, 0.3) is 6.08 Å². The SMILES string of the molecule is O=C(O)C(Cl)=Cc1c(F)c(F)c(F)c(F)c1F. The fraction of sp³-hybridized carbons (Fsp3) is 0. The third kappa shape index (κ3) is 2.38. The molecule has 0 aromatic heterocycles. The molecule has 0 radical (unpaired) electrons. The first-order valence-electron chi connectivity index (χ1n) is 3.89. The number of carboxylic acids is 1. The molecular weight excluding hydrogens is 271 g/mol. The Hall–Kier alpha value is -1.63. The standard InChI is InChI=1S/C9H2ClF5O2/c10-3(9(16)17)1-2-4(11)6(13)8(15)7(14)5(2)12/h1H,(H,16,17). The highest BCUT2D eigenvalue weighted by molar-refractivity contribution is 6.42. The van der Waals surface area contributed by atoms with Gasteiger partial charge < -0.3 is 5.11 Å². The lowest BCUT2D eigenvalue weighted by molar-refractivity contribution is -0.131. The summed E-state index contributed by atoms with van der Waals surface area (Å²) < 4.78 is 64.0. The molecular formula is C9H2ClF5O2. The van der Waals surface area contributed by atoms with Crippen molar-refractivity contribution in [3.63, 3.8) is 0 Å². The fourth-order valence-electron chi connectivity index (χ4n) is 0.937. The van der Waals surface area contributed by atoms with Crippen LogP contribution < -0.4 is 0 Å². The highest BCUT2D eigenvalue weighted by atomic mass is 35.5. The maximum atomic E-state index is 13.0. The largest absolute Gasteiger partial charge is 0.477 e. The van der Waals surface area contributed by atoms with Gasteiger partial charge in [0.25, 0.3) is 0 Å². The van der Waals surface area contributed by atoms with Gasteiger partial charge in [-0.15, -0.1) is 0 Å². The van der Waals surface area contributed by atoms with E-state index in [2.05, 4.69) is 0 Å². The minimum Gasteiger partial charge on any atom is -0.477 e. The van der Waals surface area contributed by atoms with Crippen molar-refractivity contribution in [2.75, 3.05) is 0 Å². The van der Waals surface area contributed by atoms with Gasteiger partial charge in [0.2, 0.25) is 5.82 Å². The smallest absolute Gasteiger partial charge is 0.347 e. The molecule has 0 atom stereocenters. The Kier molecular flexibility index (Phi) is 3.72. The van der Waals surface area contributed by atoms with Crippen molar-refractivity contribution < 1.29 is 31.9 Å². The van der Waals surface area contributed by atoms with Crippen LogP contribution in [0.5, 0.6) is 0 Å². The predicted molar refractivity (Wildman–Crippen MR) is 47.7 cm³/mol. The van der Waals surface area contributed by atoms with Crippen LogP contribution in [0.2, 0.25) is 0 Å². The van der Waals surface area contributed by atoms with Crippen LogP contribution in [0.3, 0.4) is 0 Å². The zero-order valence-corrected chi connectivity index (χ0v) is 8.46. The molecule has 1 aromatic rings. The van der Waals surface area contributed by atoms with E-state index < -0.39 is 45.7 Å². The van der Waals surface area contributed by atoms with E-state index in [4.69, 9.17) is 16.7 Å². The Balaban J connectivity index is 3.56. The van der Waals surface area contributed by atoms with E-state index in [1.807, 2.05) is 0 Å². The van der Waals surface area contributed by atoms with Gasteiger partial charge in [-0.1, -0.05) is 11.6 Å². The quantitative estimate of drug-likeness (QED) is 0.389. The Bertz CT molecular complexity index is 498. The minimum absolute atomic E-state index is 0.139. The van der Waals surface area contributed by atoms with Gasteiger partial charge in [0.15, 0.2) is 23.3 Å². The molecule has 17 heavy (non-hydrogen) atoms. The van der Waals surface area contributed by atoms with Gasteiger partial charge in [-0.3, -0.25) is 0 Å². The van der Waals surface area contributed by atoms with Crippen LogP contribution >= 0.6 is 11.6 Å². The van der Waals surface area contributed by atoms with Gasteiger partial charge in [0.05, 0.1) is 5.56 Å². The van der Waals surface area contributed by atoms with Gasteiger partial charge in [-0.2, -0.15) is 0 Å². The highest BCUT2D eigenvalue weighted by Gasteiger charge is 2.25. The molecule has 0 aliphatic carbocycles. The Morgan fingerprint density at radius 3 is 1.65 bits per heavy atom. The van der Waals surface area contributed by atoms with Crippen molar-refractivity contribution in [2.24, 2.45) is 0 Å². The van der Waals surface area contributed by atoms with Gasteiger partial charge in [-0.25, -0.2) is 26.7 Å². The van der Waals surface area contributed by atoms with Crippen molar-refractivity contribution in [3.05, 3.63) is 39.7 Å². The molecule has 1 N–H and O–H groups in total. The van der Waals surface area contributed by atoms with Crippen LogP contribution in [-0.2, 0) is 4.79 Å². The second-order valence-electron chi connectivity index (χ2n) is 2.78. The van der Waals surface area contributed by atoms with Crippen molar-refractivity contribution in [2.45, 2.75) is 0 Å². The molecule has 0 heterocycles. The molecule has 0 unspecified atom stereocenters. The second-order valence-corrected chi connectivity index (χ2v) is 3.19. The lowest BCUT2D eigenvalue weighted by Gasteiger charge is -2.04. The first-order valence-corrected chi connectivity index (χ1v) is 4.27. The lowest BCUT2D eigenvalue weighted by Crippen LogP contribution is -2.05. The number of hydrogen-bond donors (Lipinski definition) is 1. The number of rotatable bonds is 2. The zero-order chi connectivity index (χ0) is 13.3. The Labute approximate surface area is 95.9 Å².